The lowest BCUT2D eigenvalue weighted by Crippen LogP contribution is -2.36. The van der Waals surface area contributed by atoms with Crippen molar-refractivity contribution in [3.8, 4) is 0 Å². The van der Waals surface area contributed by atoms with Gasteiger partial charge in [-0.15, -0.1) is 0 Å². The molecule has 1 aliphatic rings. The summed E-state index contributed by atoms with van der Waals surface area (Å²) in [4.78, 5) is 2.48. The average molecular weight is 298 g/mol. The van der Waals surface area contributed by atoms with E-state index in [4.69, 9.17) is 5.11 Å². The summed E-state index contributed by atoms with van der Waals surface area (Å²) in [7, 11) is -1.40. The number of piperidine rings is 1. The number of hydrogen-bond acceptors (Lipinski definition) is 4. The van der Waals surface area contributed by atoms with Crippen LogP contribution in [0.4, 0.5) is 0 Å². The molecule has 2 rings (SSSR count). The van der Waals surface area contributed by atoms with Crippen LogP contribution < -0.4 is 4.72 Å². The molecule has 0 aromatic heterocycles. The Kier molecular flexibility index (Phi) is 5.15. The van der Waals surface area contributed by atoms with E-state index in [0.29, 0.717) is 18.0 Å². The molecule has 1 heterocycles. The highest BCUT2D eigenvalue weighted by Crippen LogP contribution is 2.17. The maximum Gasteiger partial charge on any atom is 0.240 e. The molecule has 0 amide bonds. The zero-order valence-electron chi connectivity index (χ0n) is 11.7. The van der Waals surface area contributed by atoms with Crippen LogP contribution in [-0.4, -0.2) is 45.1 Å². The van der Waals surface area contributed by atoms with E-state index in [2.05, 4.69) is 16.7 Å². The van der Waals surface area contributed by atoms with E-state index in [1.165, 1.54) is 6.07 Å². The van der Waals surface area contributed by atoms with Crippen molar-refractivity contribution in [2.75, 3.05) is 26.7 Å². The van der Waals surface area contributed by atoms with Crippen LogP contribution in [0.5, 0.6) is 0 Å². The molecular weight excluding hydrogens is 276 g/mol. The Balaban J connectivity index is 1.96. The number of hydrogen-bond donors (Lipinski definition) is 2. The summed E-state index contributed by atoms with van der Waals surface area (Å²) < 4.78 is 27.1. The fourth-order valence-electron chi connectivity index (χ4n) is 2.39. The first-order chi connectivity index (χ1) is 9.51. The van der Waals surface area contributed by atoms with Crippen molar-refractivity contribution in [3.05, 3.63) is 29.8 Å². The maximum atomic E-state index is 12.2. The van der Waals surface area contributed by atoms with Gasteiger partial charge in [-0.25, -0.2) is 13.1 Å². The van der Waals surface area contributed by atoms with Gasteiger partial charge in [-0.3, -0.25) is 0 Å². The van der Waals surface area contributed by atoms with Gasteiger partial charge in [0.1, 0.15) is 0 Å². The van der Waals surface area contributed by atoms with Crippen molar-refractivity contribution in [1.29, 1.82) is 0 Å². The molecule has 0 spiro atoms. The van der Waals surface area contributed by atoms with E-state index >= 15 is 0 Å². The van der Waals surface area contributed by atoms with Crippen molar-refractivity contribution < 1.29 is 13.5 Å². The molecule has 1 aromatic carbocycles. The Hall–Kier alpha value is -0.950. The molecular formula is C14H22N2O3S. The van der Waals surface area contributed by atoms with Gasteiger partial charge in [-0.1, -0.05) is 12.1 Å². The second-order valence-corrected chi connectivity index (χ2v) is 7.17. The fourth-order valence-corrected chi connectivity index (χ4v) is 3.57. The quantitative estimate of drug-likeness (QED) is 0.843. The molecule has 5 nitrogen and oxygen atoms in total. The van der Waals surface area contributed by atoms with Crippen molar-refractivity contribution in [1.82, 2.24) is 9.62 Å². The van der Waals surface area contributed by atoms with Gasteiger partial charge in [0, 0.05) is 6.54 Å². The monoisotopic (exact) mass is 298 g/mol. The second kappa shape index (κ2) is 6.67. The minimum Gasteiger partial charge on any atom is -0.392 e. The lowest BCUT2D eigenvalue weighted by Gasteiger charge is -2.28. The third kappa shape index (κ3) is 4.02. The molecule has 20 heavy (non-hydrogen) atoms. The third-order valence-electron chi connectivity index (χ3n) is 3.79. The largest absolute Gasteiger partial charge is 0.392 e. The Bertz CT molecular complexity index is 537. The van der Waals surface area contributed by atoms with E-state index in [9.17, 15) is 8.42 Å². The summed E-state index contributed by atoms with van der Waals surface area (Å²) in [5.41, 5.74) is 0.604. The topological polar surface area (TPSA) is 69.6 Å². The number of aliphatic hydroxyl groups is 1. The molecule has 1 saturated heterocycles. The van der Waals surface area contributed by atoms with Crippen LogP contribution in [0.2, 0.25) is 0 Å². The van der Waals surface area contributed by atoms with Gasteiger partial charge in [0.15, 0.2) is 0 Å². The van der Waals surface area contributed by atoms with Gasteiger partial charge in [-0.05, 0) is 56.6 Å². The molecule has 0 radical (unpaired) electrons. The smallest absolute Gasteiger partial charge is 0.240 e. The number of sulfonamides is 1. The highest BCUT2D eigenvalue weighted by atomic mass is 32.2. The number of benzene rings is 1. The highest BCUT2D eigenvalue weighted by Gasteiger charge is 2.20. The Morgan fingerprint density at radius 1 is 1.35 bits per heavy atom. The number of likely N-dealkylation sites (tertiary alicyclic amines) is 1. The highest BCUT2D eigenvalue weighted by molar-refractivity contribution is 7.89. The first-order valence-electron chi connectivity index (χ1n) is 6.89. The standard InChI is InChI=1S/C14H22N2O3S/c1-16-7-5-12(6-8-16)10-15-20(18,19)14-4-2-3-13(9-14)11-17/h2-4,9,12,15,17H,5-8,10-11H2,1H3. The first-order valence-corrected chi connectivity index (χ1v) is 8.37. The number of aliphatic hydroxyl groups excluding tert-OH is 1. The molecule has 6 heteroatoms. The van der Waals surface area contributed by atoms with Gasteiger partial charge in [0.25, 0.3) is 0 Å². The summed E-state index contributed by atoms with van der Waals surface area (Å²) in [5, 5.41) is 9.07. The summed E-state index contributed by atoms with van der Waals surface area (Å²) >= 11 is 0. The van der Waals surface area contributed by atoms with Crippen molar-refractivity contribution in [3.63, 3.8) is 0 Å². The van der Waals surface area contributed by atoms with Gasteiger partial charge < -0.3 is 10.0 Å². The molecule has 0 atom stereocenters. The van der Waals surface area contributed by atoms with Gasteiger partial charge in [0.05, 0.1) is 11.5 Å². The SMILES string of the molecule is CN1CCC(CNS(=O)(=O)c2cccc(CO)c2)CC1. The summed E-state index contributed by atoms with van der Waals surface area (Å²) in [6.45, 7) is 2.37. The van der Waals surface area contributed by atoms with E-state index < -0.39 is 10.0 Å². The predicted molar refractivity (Wildman–Crippen MR) is 77.8 cm³/mol. The normalized spacial score (nSPS) is 18.3. The zero-order valence-corrected chi connectivity index (χ0v) is 12.6. The van der Waals surface area contributed by atoms with Gasteiger partial charge in [0.2, 0.25) is 10.0 Å². The minimum absolute atomic E-state index is 0.154. The zero-order chi connectivity index (χ0) is 14.6. The molecule has 1 aromatic rings. The van der Waals surface area contributed by atoms with Crippen LogP contribution in [0.25, 0.3) is 0 Å². The summed E-state index contributed by atoms with van der Waals surface area (Å²) in [6, 6.07) is 6.42. The molecule has 0 bridgehead atoms. The molecule has 2 N–H and O–H groups in total. The molecule has 0 aliphatic carbocycles. The fraction of sp³-hybridized carbons (Fsp3) is 0.571. The van der Waals surface area contributed by atoms with E-state index in [1.807, 2.05) is 0 Å². The third-order valence-corrected chi connectivity index (χ3v) is 5.21. The Morgan fingerprint density at radius 2 is 2.05 bits per heavy atom. The van der Waals surface area contributed by atoms with Crippen LogP contribution in [0.1, 0.15) is 18.4 Å². The Labute approximate surface area is 120 Å². The Morgan fingerprint density at radius 3 is 2.70 bits per heavy atom. The van der Waals surface area contributed by atoms with Crippen molar-refractivity contribution >= 4 is 10.0 Å². The van der Waals surface area contributed by atoms with Crippen LogP contribution in [0.3, 0.4) is 0 Å². The second-order valence-electron chi connectivity index (χ2n) is 5.40. The first kappa shape index (κ1) is 15.4. The molecule has 0 unspecified atom stereocenters. The maximum absolute atomic E-state index is 12.2. The average Bonchev–Trinajstić information content (AvgIpc) is 2.47. The van der Waals surface area contributed by atoms with E-state index in [1.54, 1.807) is 18.2 Å². The number of nitrogens with zero attached hydrogens (tertiary/aromatic N) is 1. The number of rotatable bonds is 5. The van der Waals surface area contributed by atoms with E-state index in [-0.39, 0.29) is 11.5 Å². The summed E-state index contributed by atoms with van der Waals surface area (Å²) in [6.07, 6.45) is 2.05. The summed E-state index contributed by atoms with van der Waals surface area (Å²) in [5.74, 6) is 0.405. The molecule has 1 fully saturated rings. The molecule has 1 aliphatic heterocycles. The number of nitrogens with one attached hydrogen (secondary N) is 1. The van der Waals surface area contributed by atoms with Crippen LogP contribution in [0, 0.1) is 5.92 Å². The van der Waals surface area contributed by atoms with Gasteiger partial charge in [-0.2, -0.15) is 0 Å². The lowest BCUT2D eigenvalue weighted by atomic mass is 9.98. The van der Waals surface area contributed by atoms with Crippen LogP contribution in [-0.2, 0) is 16.6 Å². The van der Waals surface area contributed by atoms with Crippen molar-refractivity contribution in [2.45, 2.75) is 24.3 Å². The van der Waals surface area contributed by atoms with Crippen LogP contribution >= 0.6 is 0 Å². The van der Waals surface area contributed by atoms with Crippen LogP contribution in [0.15, 0.2) is 29.2 Å². The van der Waals surface area contributed by atoms with Crippen molar-refractivity contribution in [2.24, 2.45) is 5.92 Å². The minimum atomic E-state index is -3.48. The predicted octanol–water partition coefficient (Wildman–Crippen LogP) is 0.799. The molecule has 112 valence electrons. The van der Waals surface area contributed by atoms with E-state index in [0.717, 1.165) is 25.9 Å². The lowest BCUT2D eigenvalue weighted by molar-refractivity contribution is 0.220. The molecule has 0 saturated carbocycles. The van der Waals surface area contributed by atoms with Gasteiger partial charge >= 0.3 is 0 Å².